The number of ketones is 1. The van der Waals surface area contributed by atoms with E-state index in [9.17, 15) is 18.8 Å². The molecule has 0 radical (unpaired) electrons. The minimum atomic E-state index is -0.662. The molecule has 10 nitrogen and oxygen atoms in total. The van der Waals surface area contributed by atoms with Gasteiger partial charge in [-0.05, 0) is 38.5 Å². The Labute approximate surface area is 195 Å². The second-order valence-corrected chi connectivity index (χ2v) is 8.64. The monoisotopic (exact) mass is 468 g/mol. The van der Waals surface area contributed by atoms with Gasteiger partial charge in [0.05, 0.1) is 24.3 Å². The smallest absolute Gasteiger partial charge is 0.317 e. The van der Waals surface area contributed by atoms with E-state index in [1.54, 1.807) is 15.7 Å². The second kappa shape index (κ2) is 9.23. The molecule has 3 amide bonds. The van der Waals surface area contributed by atoms with Crippen LogP contribution in [0.15, 0.2) is 18.2 Å². The lowest BCUT2D eigenvalue weighted by molar-refractivity contribution is -0.151. The van der Waals surface area contributed by atoms with E-state index in [-0.39, 0.29) is 35.9 Å². The molecule has 0 saturated heterocycles. The van der Waals surface area contributed by atoms with Crippen molar-refractivity contribution >= 4 is 23.4 Å². The number of hydroxylamine groups is 2. The third kappa shape index (κ3) is 4.49. The second-order valence-electron chi connectivity index (χ2n) is 8.64. The molecule has 11 heteroatoms. The standard InChI is InChI=1S/C23H25FN6O4/c1-13-8-20-18(12-29(13)23(33)26-16-5-7-19(24)15(9-16)10-25)21-22(32)28(3)34-17(6-4-14(2)31)11-30(21)27-20/h5,7,9,13,17H,4,6,8,11-12H2,1-3H3,(H,26,33)/t13-,17-/m1/s1. The largest absolute Gasteiger partial charge is 0.322 e. The third-order valence-electron chi connectivity index (χ3n) is 6.07. The van der Waals surface area contributed by atoms with E-state index < -0.39 is 11.8 Å². The number of rotatable bonds is 4. The number of Topliss-reactive ketones (excluding diaryl/α,β-unsaturated/α-hetero) is 1. The van der Waals surface area contributed by atoms with E-state index in [2.05, 4.69) is 10.4 Å². The van der Waals surface area contributed by atoms with Crippen molar-refractivity contribution in [3.63, 3.8) is 0 Å². The van der Waals surface area contributed by atoms with Crippen molar-refractivity contribution in [2.24, 2.45) is 0 Å². The van der Waals surface area contributed by atoms with Gasteiger partial charge >= 0.3 is 6.03 Å². The Kier molecular flexibility index (Phi) is 6.34. The number of hydrogen-bond donors (Lipinski definition) is 1. The fourth-order valence-electron chi connectivity index (χ4n) is 4.28. The molecule has 2 aliphatic rings. The maximum absolute atomic E-state index is 13.6. The number of amides is 3. The van der Waals surface area contributed by atoms with Gasteiger partial charge in [-0.15, -0.1) is 0 Å². The lowest BCUT2D eigenvalue weighted by Crippen LogP contribution is -2.45. The van der Waals surface area contributed by atoms with Gasteiger partial charge in [0.1, 0.15) is 29.5 Å². The van der Waals surface area contributed by atoms with Crippen LogP contribution in [-0.4, -0.2) is 56.7 Å². The molecule has 0 fully saturated rings. The van der Waals surface area contributed by atoms with Crippen LogP contribution in [0, 0.1) is 17.1 Å². The maximum atomic E-state index is 13.6. The molecular formula is C23H25FN6O4. The van der Waals surface area contributed by atoms with Gasteiger partial charge in [0, 0.05) is 37.2 Å². The summed E-state index contributed by atoms with van der Waals surface area (Å²) in [6.07, 6.45) is 0.867. The fraction of sp³-hybridized carbons (Fsp3) is 0.435. The van der Waals surface area contributed by atoms with Crippen LogP contribution in [0.1, 0.15) is 54.0 Å². The highest BCUT2D eigenvalue weighted by molar-refractivity contribution is 5.94. The Hall–Kier alpha value is -3.78. The van der Waals surface area contributed by atoms with Gasteiger partial charge in [0.2, 0.25) is 0 Å². The first-order valence-corrected chi connectivity index (χ1v) is 11.0. The molecule has 2 aliphatic heterocycles. The van der Waals surface area contributed by atoms with Crippen molar-refractivity contribution in [1.29, 1.82) is 5.26 Å². The van der Waals surface area contributed by atoms with Gasteiger partial charge in [0.25, 0.3) is 5.91 Å². The summed E-state index contributed by atoms with van der Waals surface area (Å²) in [4.78, 5) is 44.8. The molecule has 0 bridgehead atoms. The number of nitrogens with one attached hydrogen (secondary N) is 1. The van der Waals surface area contributed by atoms with Crippen LogP contribution in [0.4, 0.5) is 14.9 Å². The van der Waals surface area contributed by atoms with Gasteiger partial charge in [-0.2, -0.15) is 10.4 Å². The number of fused-ring (bicyclic) bond motifs is 3. The molecule has 0 spiro atoms. The maximum Gasteiger partial charge on any atom is 0.322 e. The number of halogens is 1. The minimum Gasteiger partial charge on any atom is -0.317 e. The summed E-state index contributed by atoms with van der Waals surface area (Å²) < 4.78 is 15.2. The van der Waals surface area contributed by atoms with Crippen molar-refractivity contribution in [3.8, 4) is 6.07 Å². The summed E-state index contributed by atoms with van der Waals surface area (Å²) in [6.45, 7) is 3.86. The molecule has 1 N–H and O–H groups in total. The van der Waals surface area contributed by atoms with Gasteiger partial charge in [-0.1, -0.05) is 0 Å². The molecule has 0 aliphatic carbocycles. The van der Waals surface area contributed by atoms with Crippen LogP contribution < -0.4 is 5.32 Å². The summed E-state index contributed by atoms with van der Waals surface area (Å²) >= 11 is 0. The van der Waals surface area contributed by atoms with E-state index in [0.29, 0.717) is 42.8 Å². The molecule has 2 aromatic rings. The Bertz CT molecular complexity index is 1200. The van der Waals surface area contributed by atoms with Crippen molar-refractivity contribution in [1.82, 2.24) is 19.7 Å². The first-order chi connectivity index (χ1) is 16.2. The number of anilines is 1. The molecule has 3 heterocycles. The Morgan fingerprint density at radius 3 is 2.85 bits per heavy atom. The lowest BCUT2D eigenvalue weighted by atomic mass is 9.99. The number of carbonyl (C=O) groups excluding carboxylic acids is 3. The number of aromatic nitrogens is 2. The van der Waals surface area contributed by atoms with Crippen LogP contribution in [0.2, 0.25) is 0 Å². The highest BCUT2D eigenvalue weighted by Gasteiger charge is 2.37. The van der Waals surface area contributed by atoms with Crippen LogP contribution >= 0.6 is 0 Å². The van der Waals surface area contributed by atoms with E-state index in [0.717, 1.165) is 16.8 Å². The van der Waals surface area contributed by atoms with E-state index >= 15 is 0 Å². The molecule has 34 heavy (non-hydrogen) atoms. The number of benzene rings is 1. The highest BCUT2D eigenvalue weighted by atomic mass is 19.1. The molecule has 4 rings (SSSR count). The quantitative estimate of drug-likeness (QED) is 0.737. The topological polar surface area (TPSA) is 121 Å². The first-order valence-electron chi connectivity index (χ1n) is 11.0. The number of hydrogen-bond acceptors (Lipinski definition) is 6. The normalized spacial score (nSPS) is 19.7. The predicted molar refractivity (Wildman–Crippen MR) is 118 cm³/mol. The average molecular weight is 468 g/mol. The number of nitriles is 1. The summed E-state index contributed by atoms with van der Waals surface area (Å²) in [5, 5.41) is 17.5. The van der Waals surface area contributed by atoms with E-state index in [4.69, 9.17) is 10.1 Å². The molecule has 0 saturated carbocycles. The highest BCUT2D eigenvalue weighted by Crippen LogP contribution is 2.30. The molecule has 0 unspecified atom stereocenters. The summed E-state index contributed by atoms with van der Waals surface area (Å²) in [5.41, 5.74) is 1.89. The molecule has 1 aromatic carbocycles. The fourth-order valence-corrected chi connectivity index (χ4v) is 4.28. The van der Waals surface area contributed by atoms with Gasteiger partial charge in [-0.25, -0.2) is 14.2 Å². The summed E-state index contributed by atoms with van der Waals surface area (Å²) in [6, 6.07) is 4.90. The number of carbonyl (C=O) groups is 3. The molecular weight excluding hydrogens is 443 g/mol. The molecule has 178 valence electrons. The van der Waals surface area contributed by atoms with E-state index in [1.165, 1.54) is 26.1 Å². The van der Waals surface area contributed by atoms with Gasteiger partial charge in [-0.3, -0.25) is 14.3 Å². The predicted octanol–water partition coefficient (Wildman–Crippen LogP) is 2.63. The Balaban J connectivity index is 1.58. The van der Waals surface area contributed by atoms with Crippen molar-refractivity contribution < 1.29 is 23.6 Å². The summed E-state index contributed by atoms with van der Waals surface area (Å²) in [7, 11) is 1.52. The van der Waals surface area contributed by atoms with Crippen LogP contribution in [0.5, 0.6) is 0 Å². The number of nitrogens with zero attached hydrogens (tertiary/aromatic N) is 5. The van der Waals surface area contributed by atoms with Crippen molar-refractivity contribution in [3.05, 3.63) is 46.5 Å². The van der Waals surface area contributed by atoms with Crippen LogP contribution in [0.3, 0.4) is 0 Å². The third-order valence-corrected chi connectivity index (χ3v) is 6.07. The van der Waals surface area contributed by atoms with E-state index in [1.807, 2.05) is 6.92 Å². The van der Waals surface area contributed by atoms with Crippen LogP contribution in [0.25, 0.3) is 0 Å². The average Bonchev–Trinajstić information content (AvgIpc) is 3.07. The van der Waals surface area contributed by atoms with Crippen molar-refractivity contribution in [2.75, 3.05) is 12.4 Å². The zero-order valence-electron chi connectivity index (χ0n) is 19.2. The zero-order valence-corrected chi connectivity index (χ0v) is 19.2. The SMILES string of the molecule is CC(=O)CC[C@@H]1Cn2nc3c(c2C(=O)N(C)O1)CN(C(=O)Nc1ccc(F)c(C#N)c1)[C@H](C)C3. The first kappa shape index (κ1) is 23.4. The Morgan fingerprint density at radius 2 is 2.15 bits per heavy atom. The minimum absolute atomic E-state index is 0.0420. The molecule has 2 atom stereocenters. The van der Waals surface area contributed by atoms with Crippen LogP contribution in [-0.2, 0) is 29.1 Å². The van der Waals surface area contributed by atoms with Crippen molar-refractivity contribution in [2.45, 2.75) is 58.3 Å². The molecule has 1 aromatic heterocycles. The Morgan fingerprint density at radius 1 is 1.38 bits per heavy atom. The lowest BCUT2D eigenvalue weighted by Gasteiger charge is -2.33. The zero-order chi connectivity index (χ0) is 24.6. The number of urea groups is 1. The summed E-state index contributed by atoms with van der Waals surface area (Å²) in [5.74, 6) is -0.989. The van der Waals surface area contributed by atoms with Gasteiger partial charge in [0.15, 0.2) is 0 Å². The van der Waals surface area contributed by atoms with Gasteiger partial charge < -0.3 is 15.0 Å².